The summed E-state index contributed by atoms with van der Waals surface area (Å²) in [6.07, 6.45) is -1.16. The molecule has 10 heteroatoms. The van der Waals surface area contributed by atoms with Crippen LogP contribution in [0.15, 0.2) is 41.3 Å². The first-order chi connectivity index (χ1) is 13.0. The largest absolute Gasteiger partial charge is 0.449 e. The van der Waals surface area contributed by atoms with Crippen molar-refractivity contribution in [2.24, 2.45) is 0 Å². The molecule has 7 nitrogen and oxygen atoms in total. The summed E-state index contributed by atoms with van der Waals surface area (Å²) >= 11 is 11.9. The van der Waals surface area contributed by atoms with Gasteiger partial charge >= 0.3 is 5.97 Å². The Morgan fingerprint density at radius 1 is 1.11 bits per heavy atom. The van der Waals surface area contributed by atoms with Crippen molar-refractivity contribution in [3.63, 3.8) is 0 Å². The summed E-state index contributed by atoms with van der Waals surface area (Å²) < 4.78 is 31.1. The number of ether oxygens (including phenoxy) is 1. The van der Waals surface area contributed by atoms with Gasteiger partial charge in [0.25, 0.3) is 5.91 Å². The van der Waals surface area contributed by atoms with E-state index in [9.17, 15) is 18.0 Å². The van der Waals surface area contributed by atoms with Crippen LogP contribution in [0, 0.1) is 6.92 Å². The Kier molecular flexibility index (Phi) is 7.06. The molecular formula is C18H18Cl2N2O5S. The Balaban J connectivity index is 2.17. The minimum Gasteiger partial charge on any atom is -0.449 e. The number of sulfonamides is 1. The highest BCUT2D eigenvalue weighted by atomic mass is 35.5. The Morgan fingerprint density at radius 3 is 2.43 bits per heavy atom. The lowest BCUT2D eigenvalue weighted by Crippen LogP contribution is -2.30. The van der Waals surface area contributed by atoms with Crippen LogP contribution in [0.25, 0.3) is 0 Å². The highest BCUT2D eigenvalue weighted by Crippen LogP contribution is 2.23. The molecule has 0 aliphatic heterocycles. The number of hydrogen-bond donors (Lipinski definition) is 2. The second-order valence-electron chi connectivity index (χ2n) is 5.85. The second-order valence-corrected chi connectivity index (χ2v) is 8.58. The minimum absolute atomic E-state index is 0.00153. The predicted molar refractivity (Wildman–Crippen MR) is 107 cm³/mol. The molecule has 2 aromatic rings. The van der Waals surface area contributed by atoms with Crippen molar-refractivity contribution < 1.29 is 22.7 Å². The number of esters is 1. The number of rotatable bonds is 6. The zero-order valence-electron chi connectivity index (χ0n) is 15.2. The van der Waals surface area contributed by atoms with Crippen LogP contribution in [-0.2, 0) is 19.6 Å². The summed E-state index contributed by atoms with van der Waals surface area (Å²) in [7, 11) is -2.53. The first kappa shape index (κ1) is 22.2. The van der Waals surface area contributed by atoms with Crippen LogP contribution in [-0.4, -0.2) is 33.4 Å². The Bertz CT molecular complexity index is 1020. The van der Waals surface area contributed by atoms with Gasteiger partial charge in [0.05, 0.1) is 15.5 Å². The van der Waals surface area contributed by atoms with E-state index in [0.717, 1.165) is 11.6 Å². The molecule has 0 bridgehead atoms. The molecule has 0 aliphatic rings. The molecule has 2 aromatic carbocycles. The Hall–Kier alpha value is -2.13. The van der Waals surface area contributed by atoms with Crippen LogP contribution in [0.5, 0.6) is 0 Å². The number of halogens is 2. The quantitative estimate of drug-likeness (QED) is 0.664. The second kappa shape index (κ2) is 8.91. The maximum Gasteiger partial charge on any atom is 0.340 e. The molecule has 0 heterocycles. The van der Waals surface area contributed by atoms with Crippen LogP contribution >= 0.6 is 23.2 Å². The molecule has 1 unspecified atom stereocenters. The number of carbonyl (C=O) groups is 2. The van der Waals surface area contributed by atoms with Crippen LogP contribution in [0.3, 0.4) is 0 Å². The SMILES string of the molecule is CNS(=O)(=O)c1ccc(Cl)c(C(=O)OC(C)C(=O)Nc2cc(Cl)ccc2C)c1. The van der Waals surface area contributed by atoms with E-state index in [4.69, 9.17) is 27.9 Å². The molecule has 28 heavy (non-hydrogen) atoms. The van der Waals surface area contributed by atoms with Gasteiger partial charge in [-0.1, -0.05) is 29.3 Å². The monoisotopic (exact) mass is 444 g/mol. The predicted octanol–water partition coefficient (Wildman–Crippen LogP) is 3.39. The fourth-order valence-electron chi connectivity index (χ4n) is 2.19. The molecule has 0 spiro atoms. The lowest BCUT2D eigenvalue weighted by Gasteiger charge is -2.15. The van der Waals surface area contributed by atoms with Crippen molar-refractivity contribution >= 4 is 50.8 Å². The normalized spacial score (nSPS) is 12.3. The van der Waals surface area contributed by atoms with E-state index in [1.165, 1.54) is 26.1 Å². The van der Waals surface area contributed by atoms with Crippen molar-refractivity contribution in [3.8, 4) is 0 Å². The Morgan fingerprint density at radius 2 is 1.79 bits per heavy atom. The van der Waals surface area contributed by atoms with Crippen molar-refractivity contribution in [3.05, 3.63) is 57.6 Å². The van der Waals surface area contributed by atoms with Crippen LogP contribution in [0.2, 0.25) is 10.0 Å². The molecular weight excluding hydrogens is 427 g/mol. The van der Waals surface area contributed by atoms with Gasteiger partial charge < -0.3 is 10.1 Å². The molecule has 1 atom stereocenters. The molecule has 0 aromatic heterocycles. The van der Waals surface area contributed by atoms with E-state index in [0.29, 0.717) is 10.7 Å². The first-order valence-electron chi connectivity index (χ1n) is 8.06. The number of hydrogen-bond acceptors (Lipinski definition) is 5. The van der Waals surface area contributed by atoms with Gasteiger partial charge in [0, 0.05) is 10.7 Å². The van der Waals surface area contributed by atoms with Gasteiger partial charge in [-0.2, -0.15) is 0 Å². The molecule has 0 aliphatic carbocycles. The lowest BCUT2D eigenvalue weighted by molar-refractivity contribution is -0.123. The summed E-state index contributed by atoms with van der Waals surface area (Å²) in [6, 6.07) is 8.60. The number of benzene rings is 2. The lowest BCUT2D eigenvalue weighted by atomic mass is 10.2. The molecule has 0 radical (unpaired) electrons. The van der Waals surface area contributed by atoms with Crippen LogP contribution in [0.1, 0.15) is 22.8 Å². The van der Waals surface area contributed by atoms with Gasteiger partial charge in [-0.15, -0.1) is 0 Å². The third-order valence-corrected chi connectivity index (χ3v) is 5.82. The molecule has 2 N–H and O–H groups in total. The number of aryl methyl sites for hydroxylation is 1. The third kappa shape index (κ3) is 5.23. The summed E-state index contributed by atoms with van der Waals surface area (Å²) in [5.74, 6) is -1.50. The van der Waals surface area contributed by atoms with E-state index in [2.05, 4.69) is 10.0 Å². The zero-order chi connectivity index (χ0) is 21.1. The molecule has 0 fully saturated rings. The average Bonchev–Trinajstić information content (AvgIpc) is 2.64. The van der Waals surface area contributed by atoms with E-state index in [1.54, 1.807) is 25.1 Å². The first-order valence-corrected chi connectivity index (χ1v) is 10.3. The number of nitrogens with one attached hydrogen (secondary N) is 2. The fraction of sp³-hybridized carbons (Fsp3) is 0.222. The fourth-order valence-corrected chi connectivity index (χ4v) is 3.31. The number of anilines is 1. The number of carbonyl (C=O) groups excluding carboxylic acids is 2. The topological polar surface area (TPSA) is 102 Å². The van der Waals surface area contributed by atoms with Gasteiger partial charge in [-0.25, -0.2) is 17.9 Å². The molecule has 1 amide bonds. The average molecular weight is 445 g/mol. The molecule has 0 saturated heterocycles. The van der Waals surface area contributed by atoms with E-state index in [1.807, 2.05) is 0 Å². The van der Waals surface area contributed by atoms with E-state index in [-0.39, 0.29) is 15.5 Å². The summed E-state index contributed by atoms with van der Waals surface area (Å²) in [5.41, 5.74) is 1.10. The van der Waals surface area contributed by atoms with Crippen molar-refractivity contribution in [2.45, 2.75) is 24.8 Å². The highest BCUT2D eigenvalue weighted by Gasteiger charge is 2.23. The van der Waals surface area contributed by atoms with Gasteiger partial charge in [0.1, 0.15) is 0 Å². The molecule has 150 valence electrons. The van der Waals surface area contributed by atoms with Gasteiger partial charge in [-0.3, -0.25) is 4.79 Å². The van der Waals surface area contributed by atoms with Gasteiger partial charge in [0.15, 0.2) is 6.10 Å². The number of amides is 1. The van der Waals surface area contributed by atoms with E-state index < -0.39 is 28.0 Å². The van der Waals surface area contributed by atoms with Gasteiger partial charge in [-0.05, 0) is 56.8 Å². The maximum absolute atomic E-state index is 12.4. The smallest absolute Gasteiger partial charge is 0.340 e. The Labute approximate surface area is 173 Å². The van der Waals surface area contributed by atoms with E-state index >= 15 is 0 Å². The maximum atomic E-state index is 12.4. The van der Waals surface area contributed by atoms with Gasteiger partial charge in [0.2, 0.25) is 10.0 Å². The van der Waals surface area contributed by atoms with Crippen molar-refractivity contribution in [1.82, 2.24) is 4.72 Å². The minimum atomic E-state index is -3.77. The van der Waals surface area contributed by atoms with Crippen molar-refractivity contribution in [2.75, 3.05) is 12.4 Å². The van der Waals surface area contributed by atoms with Crippen LogP contribution in [0.4, 0.5) is 5.69 Å². The molecule has 2 rings (SSSR count). The summed E-state index contributed by atoms with van der Waals surface area (Å²) in [5, 5.41) is 3.07. The highest BCUT2D eigenvalue weighted by molar-refractivity contribution is 7.89. The third-order valence-electron chi connectivity index (χ3n) is 3.85. The van der Waals surface area contributed by atoms with Crippen LogP contribution < -0.4 is 10.0 Å². The standard InChI is InChI=1S/C18H18Cl2N2O5S/c1-10-4-5-12(19)8-16(10)22-17(23)11(2)27-18(24)14-9-13(6-7-15(14)20)28(25,26)21-3/h4-9,11,21H,1-3H3,(H,22,23). The van der Waals surface area contributed by atoms with Crippen molar-refractivity contribution in [1.29, 1.82) is 0 Å². The zero-order valence-corrected chi connectivity index (χ0v) is 17.6. The summed E-state index contributed by atoms with van der Waals surface area (Å²) in [4.78, 5) is 24.6. The molecule has 0 saturated carbocycles. The summed E-state index contributed by atoms with van der Waals surface area (Å²) in [6.45, 7) is 3.17.